The molecule has 0 unspecified atom stereocenters. The summed E-state index contributed by atoms with van der Waals surface area (Å²) in [6, 6.07) is 18.2. The van der Waals surface area contributed by atoms with Gasteiger partial charge in [0.15, 0.2) is 0 Å². The summed E-state index contributed by atoms with van der Waals surface area (Å²) in [5.74, 6) is -3.34. The Kier molecular flexibility index (Phi) is 10.2. The molecule has 11 nitrogen and oxygen atoms in total. The Morgan fingerprint density at radius 3 is 2.07 bits per heavy atom. The number of ether oxygens (including phenoxy) is 1. The molecule has 0 aliphatic rings. The van der Waals surface area contributed by atoms with Crippen LogP contribution in [0.4, 0.5) is 13.2 Å². The number of carbonyl (C=O) groups is 2. The lowest BCUT2D eigenvalue weighted by atomic mass is 10.00. The number of nitrogen functional groups attached to an aromatic ring is 1. The number of halogens is 3. The molecule has 0 saturated carbocycles. The molecule has 0 spiro atoms. The third kappa shape index (κ3) is 8.23. The number of sulfonamides is 1. The van der Waals surface area contributed by atoms with Crippen molar-refractivity contribution in [2.45, 2.75) is 24.5 Å². The van der Waals surface area contributed by atoms with E-state index in [2.05, 4.69) is 0 Å². The van der Waals surface area contributed by atoms with Crippen LogP contribution in [0.2, 0.25) is 0 Å². The van der Waals surface area contributed by atoms with Gasteiger partial charge in [-0.3, -0.25) is 5.41 Å². The Balaban J connectivity index is 0.000000676. The second-order valence-corrected chi connectivity index (χ2v) is 10.7. The first-order valence-corrected chi connectivity index (χ1v) is 14.1. The van der Waals surface area contributed by atoms with Gasteiger partial charge in [0, 0.05) is 34.6 Å². The number of primary sulfonamides is 1. The summed E-state index contributed by atoms with van der Waals surface area (Å²) in [7, 11) is -3.91. The number of carboxylic acid groups (broad SMARTS) is 1. The average Bonchev–Trinajstić information content (AvgIpc) is 3.37. The zero-order valence-corrected chi connectivity index (χ0v) is 23.8. The van der Waals surface area contributed by atoms with E-state index in [4.69, 9.17) is 30.9 Å². The van der Waals surface area contributed by atoms with E-state index in [1.165, 1.54) is 12.1 Å². The first kappa shape index (κ1) is 33.4. The number of amidine groups is 1. The molecule has 0 aliphatic heterocycles. The number of rotatable bonds is 8. The lowest BCUT2D eigenvalue weighted by Crippen LogP contribution is -2.21. The summed E-state index contributed by atoms with van der Waals surface area (Å²) in [4.78, 5) is 21.7. The van der Waals surface area contributed by atoms with Crippen molar-refractivity contribution in [1.82, 2.24) is 4.57 Å². The number of hydrogen-bond acceptors (Lipinski definition) is 7. The van der Waals surface area contributed by atoms with Crippen molar-refractivity contribution < 1.29 is 46.1 Å². The second-order valence-electron chi connectivity index (χ2n) is 9.16. The summed E-state index contributed by atoms with van der Waals surface area (Å²) in [5.41, 5.74) is 9.35. The van der Waals surface area contributed by atoms with Gasteiger partial charge >= 0.3 is 18.1 Å². The molecule has 44 heavy (non-hydrogen) atoms. The monoisotopic (exact) mass is 632 g/mol. The number of aliphatic carboxylic acids is 1. The standard InChI is InChI=1S/C27H26N4O5S.C2HF3O2/c1-2-36-27(33)23-16-31(14-20-13-19(26(28)29)11-12-24(20)32)15-22(23)18-9-7-17(8-10-18)21-5-3-4-6-25(21)37(30,34)35;3-2(4,5)1(6)7/h3-13,15-16,32H,2,14H2,1H3,(H3,28,29)(H2,30,34,35);(H,6,7). The Morgan fingerprint density at radius 1 is 0.977 bits per heavy atom. The first-order valence-electron chi connectivity index (χ1n) is 12.6. The Bertz CT molecular complexity index is 1800. The molecule has 7 N–H and O–H groups in total. The Labute approximate surface area is 249 Å². The molecule has 232 valence electrons. The van der Waals surface area contributed by atoms with Gasteiger partial charge in [0.25, 0.3) is 0 Å². The van der Waals surface area contributed by atoms with Gasteiger partial charge in [-0.15, -0.1) is 0 Å². The lowest BCUT2D eigenvalue weighted by Gasteiger charge is -2.09. The molecule has 0 amide bonds. The predicted octanol–water partition coefficient (Wildman–Crippen LogP) is 4.32. The maximum atomic E-state index is 12.7. The van der Waals surface area contributed by atoms with Crippen molar-refractivity contribution in [3.05, 3.63) is 95.8 Å². The van der Waals surface area contributed by atoms with E-state index in [0.717, 1.165) is 0 Å². The fraction of sp³-hybridized carbons (Fsp3) is 0.138. The third-order valence-electron chi connectivity index (χ3n) is 6.06. The van der Waals surface area contributed by atoms with Crippen LogP contribution >= 0.6 is 0 Å². The van der Waals surface area contributed by atoms with Crippen molar-refractivity contribution in [2.75, 3.05) is 6.61 Å². The zero-order chi connectivity index (χ0) is 32.8. The number of nitrogens with two attached hydrogens (primary N) is 2. The predicted molar refractivity (Wildman–Crippen MR) is 155 cm³/mol. The quantitative estimate of drug-likeness (QED) is 0.107. The Hall–Kier alpha value is -5.15. The van der Waals surface area contributed by atoms with Gasteiger partial charge in [0.2, 0.25) is 10.0 Å². The van der Waals surface area contributed by atoms with E-state index < -0.39 is 28.1 Å². The molecule has 1 heterocycles. The number of phenols is 1. The summed E-state index contributed by atoms with van der Waals surface area (Å²) in [6.45, 7) is 2.14. The zero-order valence-electron chi connectivity index (χ0n) is 23.0. The van der Waals surface area contributed by atoms with Crippen molar-refractivity contribution in [2.24, 2.45) is 10.9 Å². The number of phenolic OH excluding ortho intramolecular Hbond substituents is 1. The number of esters is 1. The van der Waals surface area contributed by atoms with Gasteiger partial charge in [-0.25, -0.2) is 23.1 Å². The highest BCUT2D eigenvalue weighted by Crippen LogP contribution is 2.32. The minimum Gasteiger partial charge on any atom is -0.508 e. The van der Waals surface area contributed by atoms with E-state index in [0.29, 0.717) is 38.9 Å². The highest BCUT2D eigenvalue weighted by Gasteiger charge is 2.38. The summed E-state index contributed by atoms with van der Waals surface area (Å²) >= 11 is 0. The fourth-order valence-electron chi connectivity index (χ4n) is 4.06. The molecular formula is C29H27F3N4O7S. The molecule has 1 aromatic heterocycles. The minimum absolute atomic E-state index is 0.0220. The van der Waals surface area contributed by atoms with Crippen LogP contribution in [0, 0.1) is 5.41 Å². The van der Waals surface area contributed by atoms with E-state index in [9.17, 15) is 31.5 Å². The molecule has 0 saturated heterocycles. The molecule has 0 atom stereocenters. The molecule has 3 aromatic carbocycles. The highest BCUT2D eigenvalue weighted by atomic mass is 32.2. The number of nitrogens with one attached hydrogen (secondary N) is 1. The SMILES string of the molecule is CCOC(=O)c1cn(Cc2cc(C(=N)N)ccc2O)cc1-c1ccc(-c2ccccc2S(N)(=O)=O)cc1.O=C(O)C(F)(F)F. The van der Waals surface area contributed by atoms with E-state index in [-0.39, 0.29) is 29.6 Å². The molecule has 0 bridgehead atoms. The summed E-state index contributed by atoms with van der Waals surface area (Å²) in [5, 5.41) is 30.5. The topological polar surface area (TPSA) is 199 Å². The number of carboxylic acids is 1. The number of hydrogen-bond donors (Lipinski definition) is 5. The number of aromatic hydroxyl groups is 1. The number of aromatic nitrogens is 1. The number of benzene rings is 3. The van der Waals surface area contributed by atoms with Crippen molar-refractivity contribution in [3.63, 3.8) is 0 Å². The number of alkyl halides is 3. The van der Waals surface area contributed by atoms with Crippen LogP contribution in [0.1, 0.15) is 28.4 Å². The highest BCUT2D eigenvalue weighted by molar-refractivity contribution is 7.89. The van der Waals surface area contributed by atoms with Crippen molar-refractivity contribution in [1.29, 1.82) is 5.41 Å². The van der Waals surface area contributed by atoms with Crippen molar-refractivity contribution in [3.8, 4) is 28.0 Å². The first-order chi connectivity index (χ1) is 20.5. The molecule has 4 rings (SSSR count). The van der Waals surface area contributed by atoms with Crippen LogP contribution in [0.25, 0.3) is 22.3 Å². The van der Waals surface area contributed by atoms with Crippen LogP contribution in [0.15, 0.2) is 84.0 Å². The largest absolute Gasteiger partial charge is 0.508 e. The second kappa shape index (κ2) is 13.4. The lowest BCUT2D eigenvalue weighted by molar-refractivity contribution is -0.192. The van der Waals surface area contributed by atoms with Gasteiger partial charge in [-0.05, 0) is 42.3 Å². The molecule has 15 heteroatoms. The molecule has 0 fully saturated rings. The van der Waals surface area contributed by atoms with Crippen LogP contribution < -0.4 is 10.9 Å². The normalized spacial score (nSPS) is 11.3. The maximum Gasteiger partial charge on any atom is 0.490 e. The van der Waals surface area contributed by atoms with Gasteiger partial charge in [0.05, 0.1) is 23.6 Å². The summed E-state index contributed by atoms with van der Waals surface area (Å²) in [6.07, 6.45) is -1.68. The van der Waals surface area contributed by atoms with E-state index in [1.54, 1.807) is 78.5 Å². The van der Waals surface area contributed by atoms with Gasteiger partial charge in [-0.2, -0.15) is 13.2 Å². The fourth-order valence-corrected chi connectivity index (χ4v) is 4.82. The van der Waals surface area contributed by atoms with Crippen LogP contribution in [-0.4, -0.2) is 53.8 Å². The van der Waals surface area contributed by atoms with E-state index in [1.807, 2.05) is 0 Å². The van der Waals surface area contributed by atoms with Crippen LogP contribution in [-0.2, 0) is 26.1 Å². The number of carbonyl (C=O) groups excluding carboxylic acids is 1. The maximum absolute atomic E-state index is 12.7. The Morgan fingerprint density at radius 2 is 1.55 bits per heavy atom. The van der Waals surface area contributed by atoms with Crippen molar-refractivity contribution >= 4 is 27.8 Å². The summed E-state index contributed by atoms with van der Waals surface area (Å²) < 4.78 is 62.8. The van der Waals surface area contributed by atoms with Gasteiger partial charge < -0.3 is 25.3 Å². The average molecular weight is 633 g/mol. The van der Waals surface area contributed by atoms with Gasteiger partial charge in [0.1, 0.15) is 11.6 Å². The molecular weight excluding hydrogens is 605 g/mol. The van der Waals surface area contributed by atoms with Crippen LogP contribution in [0.5, 0.6) is 5.75 Å². The smallest absolute Gasteiger partial charge is 0.490 e. The number of nitrogens with zero attached hydrogens (tertiary/aromatic N) is 1. The molecule has 4 aromatic rings. The molecule has 0 aliphatic carbocycles. The van der Waals surface area contributed by atoms with E-state index >= 15 is 0 Å². The van der Waals surface area contributed by atoms with Crippen LogP contribution in [0.3, 0.4) is 0 Å². The third-order valence-corrected chi connectivity index (χ3v) is 7.03. The van der Waals surface area contributed by atoms with Gasteiger partial charge in [-0.1, -0.05) is 42.5 Å². The minimum atomic E-state index is -5.08. The molecule has 0 radical (unpaired) electrons.